The van der Waals surface area contributed by atoms with Gasteiger partial charge in [-0.25, -0.2) is 9.18 Å². The van der Waals surface area contributed by atoms with Crippen molar-refractivity contribution in [3.05, 3.63) is 106 Å². The third-order valence-corrected chi connectivity index (χ3v) is 7.39. The number of halogens is 4. The van der Waals surface area contributed by atoms with Crippen molar-refractivity contribution in [2.75, 3.05) is 6.61 Å². The summed E-state index contributed by atoms with van der Waals surface area (Å²) in [5.74, 6) is -1.44. The van der Waals surface area contributed by atoms with E-state index in [0.717, 1.165) is 48.9 Å². The minimum atomic E-state index is -4.80. The Bertz CT molecular complexity index is 1340. The highest BCUT2D eigenvalue weighted by atomic mass is 19.4. The molecule has 3 aromatic carbocycles. The molecular weight excluding hydrogens is 536 g/mol. The third kappa shape index (κ3) is 7.86. The largest absolute Gasteiger partial charge is 0.466 e. The quantitative estimate of drug-likeness (QED) is 0.202. The minimum Gasteiger partial charge on any atom is -0.466 e. The number of aryl methyl sites for hydroxylation is 1. The zero-order chi connectivity index (χ0) is 29.5. The first-order valence-electron chi connectivity index (χ1n) is 13.8. The van der Waals surface area contributed by atoms with Gasteiger partial charge in [-0.2, -0.15) is 13.2 Å². The van der Waals surface area contributed by atoms with Gasteiger partial charge in [-0.1, -0.05) is 67.4 Å². The fourth-order valence-corrected chi connectivity index (χ4v) is 5.42. The second-order valence-corrected chi connectivity index (χ2v) is 10.4. The summed E-state index contributed by atoms with van der Waals surface area (Å²) in [4.78, 5) is 25.5. The second-order valence-electron chi connectivity index (χ2n) is 10.4. The minimum absolute atomic E-state index is 0.0437. The van der Waals surface area contributed by atoms with Crippen LogP contribution in [0.1, 0.15) is 66.8 Å². The first-order chi connectivity index (χ1) is 19.6. The molecule has 2 amide bonds. The molecule has 218 valence electrons. The molecular formula is C32H34F4N2O3. The third-order valence-electron chi connectivity index (χ3n) is 7.39. The van der Waals surface area contributed by atoms with Gasteiger partial charge in [0.05, 0.1) is 17.7 Å². The van der Waals surface area contributed by atoms with E-state index < -0.39 is 29.1 Å². The predicted octanol–water partition coefficient (Wildman–Crippen LogP) is 7.07. The summed E-state index contributed by atoms with van der Waals surface area (Å²) < 4.78 is 61.6. The monoisotopic (exact) mass is 570 g/mol. The number of esters is 1. The highest BCUT2D eigenvalue weighted by Crippen LogP contribution is 2.38. The molecule has 1 fully saturated rings. The predicted molar refractivity (Wildman–Crippen MR) is 148 cm³/mol. The molecule has 0 spiro atoms. The number of urea groups is 1. The molecule has 1 saturated carbocycles. The zero-order valence-electron chi connectivity index (χ0n) is 22.9. The van der Waals surface area contributed by atoms with Crippen molar-refractivity contribution in [1.82, 2.24) is 10.6 Å². The normalized spacial score (nSPS) is 15.2. The highest BCUT2D eigenvalue weighted by molar-refractivity contribution is 5.76. The summed E-state index contributed by atoms with van der Waals surface area (Å²) in [5.41, 5.74) is -0.865. The Balaban J connectivity index is 1.86. The maximum absolute atomic E-state index is 14.9. The lowest BCUT2D eigenvalue weighted by Crippen LogP contribution is -2.53. The summed E-state index contributed by atoms with van der Waals surface area (Å²) in [6.45, 7) is 1.97. The lowest BCUT2D eigenvalue weighted by Gasteiger charge is -2.37. The van der Waals surface area contributed by atoms with Gasteiger partial charge >= 0.3 is 18.2 Å². The molecule has 1 atom stereocenters. The summed E-state index contributed by atoms with van der Waals surface area (Å²) in [6.07, 6.45) is -0.767. The van der Waals surface area contributed by atoms with Crippen molar-refractivity contribution in [3.63, 3.8) is 0 Å². The van der Waals surface area contributed by atoms with Crippen molar-refractivity contribution in [2.45, 2.75) is 69.6 Å². The molecule has 1 unspecified atom stereocenters. The summed E-state index contributed by atoms with van der Waals surface area (Å²) in [7, 11) is 0. The molecule has 5 nitrogen and oxygen atoms in total. The van der Waals surface area contributed by atoms with Crippen LogP contribution >= 0.6 is 0 Å². The van der Waals surface area contributed by atoms with E-state index in [9.17, 15) is 27.2 Å². The van der Waals surface area contributed by atoms with Crippen molar-refractivity contribution >= 4 is 12.0 Å². The topological polar surface area (TPSA) is 67.4 Å². The van der Waals surface area contributed by atoms with Crippen LogP contribution in [-0.4, -0.2) is 24.6 Å². The smallest absolute Gasteiger partial charge is 0.416 e. The van der Waals surface area contributed by atoms with E-state index in [-0.39, 0.29) is 37.0 Å². The van der Waals surface area contributed by atoms with Crippen molar-refractivity contribution in [1.29, 1.82) is 0 Å². The van der Waals surface area contributed by atoms with Crippen LogP contribution in [0, 0.1) is 5.82 Å². The Morgan fingerprint density at radius 3 is 2.24 bits per heavy atom. The Labute approximate surface area is 237 Å². The van der Waals surface area contributed by atoms with Crippen LogP contribution < -0.4 is 10.6 Å². The number of rotatable bonds is 10. The lowest BCUT2D eigenvalue weighted by atomic mass is 9.76. The number of ether oxygens (including phenoxy) is 1. The van der Waals surface area contributed by atoms with E-state index in [1.807, 2.05) is 6.07 Å². The van der Waals surface area contributed by atoms with Gasteiger partial charge < -0.3 is 15.4 Å². The number of alkyl halides is 3. The number of hydrogen-bond donors (Lipinski definition) is 2. The Hall–Kier alpha value is -3.88. The van der Waals surface area contributed by atoms with E-state index in [1.165, 1.54) is 0 Å². The van der Waals surface area contributed by atoms with Gasteiger partial charge in [0, 0.05) is 18.9 Å². The Kier molecular flexibility index (Phi) is 9.68. The molecule has 0 bridgehead atoms. The van der Waals surface area contributed by atoms with Gasteiger partial charge in [0.1, 0.15) is 5.82 Å². The van der Waals surface area contributed by atoms with E-state index in [2.05, 4.69) is 10.6 Å². The molecule has 4 rings (SSSR count). The van der Waals surface area contributed by atoms with Crippen LogP contribution in [0.3, 0.4) is 0 Å². The van der Waals surface area contributed by atoms with Gasteiger partial charge in [-0.15, -0.1) is 0 Å². The molecule has 0 aliphatic heterocycles. The van der Waals surface area contributed by atoms with Crippen LogP contribution in [0.15, 0.2) is 72.8 Å². The molecule has 1 aliphatic carbocycles. The van der Waals surface area contributed by atoms with E-state index in [4.69, 9.17) is 4.74 Å². The fourth-order valence-electron chi connectivity index (χ4n) is 5.42. The van der Waals surface area contributed by atoms with Crippen molar-refractivity contribution in [2.24, 2.45) is 0 Å². The average molecular weight is 571 g/mol. The van der Waals surface area contributed by atoms with Crippen LogP contribution in [-0.2, 0) is 34.1 Å². The molecule has 2 N–H and O–H groups in total. The number of benzene rings is 3. The van der Waals surface area contributed by atoms with Crippen LogP contribution in [0.5, 0.6) is 0 Å². The van der Waals surface area contributed by atoms with E-state index >= 15 is 0 Å². The number of carbonyl (C=O) groups excluding carboxylic acids is 2. The highest BCUT2D eigenvalue weighted by Gasteiger charge is 2.40. The number of hydrogen-bond acceptors (Lipinski definition) is 3. The number of amides is 2. The number of carbonyl (C=O) groups is 2. The Morgan fingerprint density at radius 1 is 0.878 bits per heavy atom. The van der Waals surface area contributed by atoms with E-state index in [1.54, 1.807) is 55.5 Å². The zero-order valence-corrected chi connectivity index (χ0v) is 22.9. The molecule has 3 aromatic rings. The molecule has 0 saturated heterocycles. The van der Waals surface area contributed by atoms with E-state index in [0.29, 0.717) is 18.1 Å². The second kappa shape index (κ2) is 13.2. The summed E-state index contributed by atoms with van der Waals surface area (Å²) >= 11 is 0. The fraction of sp³-hybridized carbons (Fsp3) is 0.375. The average Bonchev–Trinajstić information content (AvgIpc) is 3.44. The Morgan fingerprint density at radius 2 is 1.56 bits per heavy atom. The standard InChI is InChI=1S/C32H34F4N2O3/c1-2-41-29(39)16-15-22-11-8-12-24(17-22)31(21-23-9-4-3-5-10-23,38-30(40)37-28-13-6-7-14-28)25-18-26(32(34,35)36)20-27(33)19-25/h3-5,8-12,17-20,28H,2,6-7,13-16,21H2,1H3,(H2,37,38,40). The number of nitrogens with one attached hydrogen (secondary N) is 2. The van der Waals surface area contributed by atoms with Gasteiger partial charge in [0.25, 0.3) is 0 Å². The van der Waals surface area contributed by atoms with Crippen LogP contribution in [0.25, 0.3) is 0 Å². The SMILES string of the molecule is CCOC(=O)CCc1cccc(C(Cc2ccccc2)(NC(=O)NC2CCCC2)c2cc(F)cc(C(F)(F)F)c2)c1. The van der Waals surface area contributed by atoms with Gasteiger partial charge in [0.15, 0.2) is 0 Å². The molecule has 1 aliphatic rings. The first-order valence-corrected chi connectivity index (χ1v) is 13.8. The van der Waals surface area contributed by atoms with Gasteiger partial charge in [0.2, 0.25) is 0 Å². The lowest BCUT2D eigenvalue weighted by molar-refractivity contribution is -0.143. The van der Waals surface area contributed by atoms with Gasteiger partial charge in [-0.05, 0) is 66.6 Å². The summed E-state index contributed by atoms with van der Waals surface area (Å²) in [6, 6.07) is 17.7. The molecule has 0 aromatic heterocycles. The summed E-state index contributed by atoms with van der Waals surface area (Å²) in [5, 5.41) is 5.94. The maximum atomic E-state index is 14.9. The first kappa shape index (κ1) is 30.1. The van der Waals surface area contributed by atoms with Crippen molar-refractivity contribution in [3.8, 4) is 0 Å². The molecule has 0 heterocycles. The molecule has 41 heavy (non-hydrogen) atoms. The maximum Gasteiger partial charge on any atom is 0.416 e. The molecule has 9 heteroatoms. The van der Waals surface area contributed by atoms with Crippen molar-refractivity contribution < 1.29 is 31.9 Å². The molecule has 0 radical (unpaired) electrons. The van der Waals surface area contributed by atoms with Crippen LogP contribution in [0.2, 0.25) is 0 Å². The van der Waals surface area contributed by atoms with Gasteiger partial charge in [-0.3, -0.25) is 4.79 Å². The van der Waals surface area contributed by atoms with Crippen LogP contribution in [0.4, 0.5) is 22.4 Å².